The summed E-state index contributed by atoms with van der Waals surface area (Å²) in [6.07, 6.45) is 3.74. The van der Waals surface area contributed by atoms with E-state index in [0.717, 1.165) is 35.8 Å². The number of nitrogens with zero attached hydrogens (tertiary/aromatic N) is 1. The Kier molecular flexibility index (Phi) is 5.75. The van der Waals surface area contributed by atoms with Crippen LogP contribution in [-0.2, 0) is 6.61 Å². The van der Waals surface area contributed by atoms with Gasteiger partial charge in [0.15, 0.2) is 0 Å². The summed E-state index contributed by atoms with van der Waals surface area (Å²) in [5, 5.41) is 11.2. The Balaban J connectivity index is 1.69. The SMILES string of the molecule is O=C([O-])c1cc(C2=C(c3cccnc3OCc3ccc(F)cc3F)CCC2)ccc1F. The van der Waals surface area contributed by atoms with E-state index in [2.05, 4.69) is 4.98 Å². The first-order valence-electron chi connectivity index (χ1n) is 9.69. The van der Waals surface area contributed by atoms with E-state index < -0.39 is 29.0 Å². The van der Waals surface area contributed by atoms with Crippen molar-refractivity contribution in [1.29, 1.82) is 0 Å². The topological polar surface area (TPSA) is 62.2 Å². The quantitative estimate of drug-likeness (QED) is 0.583. The van der Waals surface area contributed by atoms with Gasteiger partial charge in [0.1, 0.15) is 24.1 Å². The van der Waals surface area contributed by atoms with E-state index in [-0.39, 0.29) is 18.1 Å². The number of carboxylic acid groups (broad SMARTS) is 1. The van der Waals surface area contributed by atoms with E-state index >= 15 is 0 Å². The summed E-state index contributed by atoms with van der Waals surface area (Å²) in [4.78, 5) is 15.5. The zero-order valence-corrected chi connectivity index (χ0v) is 16.3. The fraction of sp³-hybridized carbons (Fsp3) is 0.167. The second-order valence-corrected chi connectivity index (χ2v) is 7.17. The van der Waals surface area contributed by atoms with Gasteiger partial charge in [-0.2, -0.15) is 0 Å². The maximum Gasteiger partial charge on any atom is 0.221 e. The van der Waals surface area contributed by atoms with Gasteiger partial charge in [0.25, 0.3) is 0 Å². The van der Waals surface area contributed by atoms with Crippen LogP contribution in [-0.4, -0.2) is 11.0 Å². The van der Waals surface area contributed by atoms with Gasteiger partial charge in [0, 0.05) is 29.0 Å². The Hall–Kier alpha value is -3.61. The van der Waals surface area contributed by atoms with Crippen LogP contribution in [0.1, 0.15) is 46.3 Å². The van der Waals surface area contributed by atoms with Crippen LogP contribution < -0.4 is 9.84 Å². The molecule has 1 heterocycles. The maximum absolute atomic E-state index is 13.9. The molecule has 3 aromatic rings. The smallest absolute Gasteiger partial charge is 0.221 e. The molecular weight excluding hydrogens is 407 g/mol. The first-order chi connectivity index (χ1) is 14.9. The minimum absolute atomic E-state index is 0.135. The van der Waals surface area contributed by atoms with E-state index in [1.807, 2.05) is 6.07 Å². The molecule has 0 spiro atoms. The Morgan fingerprint density at radius 2 is 1.81 bits per heavy atom. The van der Waals surface area contributed by atoms with E-state index in [1.54, 1.807) is 12.3 Å². The van der Waals surface area contributed by atoms with Crippen molar-refractivity contribution in [3.8, 4) is 5.88 Å². The molecule has 0 bridgehead atoms. The van der Waals surface area contributed by atoms with Crippen LogP contribution >= 0.6 is 0 Å². The number of ether oxygens (including phenoxy) is 1. The number of halogens is 3. The minimum atomic E-state index is -1.58. The van der Waals surface area contributed by atoms with Crippen molar-refractivity contribution in [2.45, 2.75) is 25.9 Å². The molecule has 0 aliphatic heterocycles. The average Bonchev–Trinajstić information content (AvgIpc) is 3.23. The second kappa shape index (κ2) is 8.63. The van der Waals surface area contributed by atoms with Crippen molar-refractivity contribution in [1.82, 2.24) is 4.98 Å². The summed E-state index contributed by atoms with van der Waals surface area (Å²) >= 11 is 0. The number of rotatable bonds is 6. The summed E-state index contributed by atoms with van der Waals surface area (Å²) in [6.45, 7) is -0.135. The number of hydrogen-bond acceptors (Lipinski definition) is 4. The summed E-state index contributed by atoms with van der Waals surface area (Å²) in [5.41, 5.74) is 2.75. The van der Waals surface area contributed by atoms with Crippen molar-refractivity contribution in [2.75, 3.05) is 0 Å². The molecule has 4 nitrogen and oxygen atoms in total. The highest BCUT2D eigenvalue weighted by Crippen LogP contribution is 2.42. The molecule has 1 aliphatic rings. The van der Waals surface area contributed by atoms with Crippen LogP contribution in [0.15, 0.2) is 54.7 Å². The number of carboxylic acids is 1. The molecule has 31 heavy (non-hydrogen) atoms. The summed E-state index contributed by atoms with van der Waals surface area (Å²) in [6, 6.07) is 10.7. The van der Waals surface area contributed by atoms with Crippen LogP contribution in [0.2, 0.25) is 0 Å². The van der Waals surface area contributed by atoms with Gasteiger partial charge in [-0.05, 0) is 72.4 Å². The van der Waals surface area contributed by atoms with Gasteiger partial charge in [0.05, 0.1) is 5.97 Å². The summed E-state index contributed by atoms with van der Waals surface area (Å²) < 4.78 is 46.6. The van der Waals surface area contributed by atoms with Crippen molar-refractivity contribution in [3.63, 3.8) is 0 Å². The van der Waals surface area contributed by atoms with Gasteiger partial charge < -0.3 is 14.6 Å². The first-order valence-corrected chi connectivity index (χ1v) is 9.69. The van der Waals surface area contributed by atoms with Crippen LogP contribution in [0.5, 0.6) is 5.88 Å². The standard InChI is InChI=1S/C24H18F3NO3/c25-16-8-6-15(22(27)12-16)13-31-23-19(5-2-10-28-23)18-4-1-3-17(18)14-7-9-21(26)20(11-14)24(29)30/h2,5-12H,1,3-4,13H2,(H,29,30)/p-1. The van der Waals surface area contributed by atoms with Gasteiger partial charge in [-0.15, -0.1) is 0 Å². The lowest BCUT2D eigenvalue weighted by atomic mass is 9.96. The van der Waals surface area contributed by atoms with Crippen molar-refractivity contribution in [2.24, 2.45) is 0 Å². The third kappa shape index (κ3) is 4.30. The predicted molar refractivity (Wildman–Crippen MR) is 106 cm³/mol. The molecule has 0 saturated heterocycles. The van der Waals surface area contributed by atoms with Crippen LogP contribution in [0.25, 0.3) is 11.1 Å². The summed E-state index contributed by atoms with van der Waals surface area (Å²) in [5.74, 6) is -3.53. The lowest BCUT2D eigenvalue weighted by Crippen LogP contribution is -2.23. The highest BCUT2D eigenvalue weighted by atomic mass is 19.1. The zero-order valence-electron chi connectivity index (χ0n) is 16.3. The first kappa shape index (κ1) is 20.7. The minimum Gasteiger partial charge on any atom is -0.545 e. The molecule has 0 unspecified atom stereocenters. The lowest BCUT2D eigenvalue weighted by molar-refractivity contribution is -0.255. The number of allylic oxidation sites excluding steroid dienone is 2. The van der Waals surface area contributed by atoms with Gasteiger partial charge >= 0.3 is 0 Å². The molecular formula is C24H17F3NO3-. The molecule has 0 N–H and O–H groups in total. The largest absolute Gasteiger partial charge is 0.545 e. The second-order valence-electron chi connectivity index (χ2n) is 7.17. The predicted octanol–water partition coefficient (Wildman–Crippen LogP) is 4.54. The van der Waals surface area contributed by atoms with Crippen molar-refractivity contribution in [3.05, 3.63) is 94.4 Å². The maximum atomic E-state index is 13.9. The summed E-state index contributed by atoms with van der Waals surface area (Å²) in [7, 11) is 0. The van der Waals surface area contributed by atoms with Gasteiger partial charge in [-0.25, -0.2) is 18.2 Å². The highest BCUT2D eigenvalue weighted by molar-refractivity contribution is 5.95. The number of benzene rings is 2. The fourth-order valence-corrected chi connectivity index (χ4v) is 3.75. The van der Waals surface area contributed by atoms with Crippen LogP contribution in [0, 0.1) is 17.5 Å². The zero-order chi connectivity index (χ0) is 22.0. The molecule has 158 valence electrons. The molecule has 1 aromatic heterocycles. The monoisotopic (exact) mass is 424 g/mol. The number of carbonyl (C=O) groups is 1. The van der Waals surface area contributed by atoms with E-state index in [0.29, 0.717) is 24.0 Å². The van der Waals surface area contributed by atoms with Gasteiger partial charge in [0.2, 0.25) is 5.88 Å². The van der Waals surface area contributed by atoms with E-state index in [4.69, 9.17) is 4.74 Å². The third-order valence-corrected chi connectivity index (χ3v) is 5.23. The Bertz CT molecular complexity index is 1190. The third-order valence-electron chi connectivity index (χ3n) is 5.23. The van der Waals surface area contributed by atoms with Crippen LogP contribution in [0.3, 0.4) is 0 Å². The van der Waals surface area contributed by atoms with E-state index in [1.165, 1.54) is 18.2 Å². The molecule has 0 radical (unpaired) electrons. The Labute approximate surface area is 176 Å². The Morgan fingerprint density at radius 3 is 2.58 bits per heavy atom. The normalized spacial score (nSPS) is 13.5. The molecule has 7 heteroatoms. The molecule has 1 aliphatic carbocycles. The van der Waals surface area contributed by atoms with Gasteiger partial charge in [-0.1, -0.05) is 6.07 Å². The number of pyridine rings is 1. The van der Waals surface area contributed by atoms with Gasteiger partial charge in [-0.3, -0.25) is 0 Å². The average molecular weight is 424 g/mol. The lowest BCUT2D eigenvalue weighted by Gasteiger charge is -2.14. The Morgan fingerprint density at radius 1 is 1.00 bits per heavy atom. The molecule has 2 aromatic carbocycles. The van der Waals surface area contributed by atoms with Crippen molar-refractivity contribution < 1.29 is 27.8 Å². The molecule has 0 fully saturated rings. The number of carbonyl (C=O) groups excluding carboxylic acids is 1. The molecule has 4 rings (SSSR count). The van der Waals surface area contributed by atoms with Crippen LogP contribution in [0.4, 0.5) is 13.2 Å². The van der Waals surface area contributed by atoms with E-state index in [9.17, 15) is 23.1 Å². The molecule has 0 amide bonds. The number of hydrogen-bond donors (Lipinski definition) is 0. The number of aromatic carboxylic acids is 1. The van der Waals surface area contributed by atoms with Crippen molar-refractivity contribution >= 4 is 17.1 Å². The molecule has 0 saturated carbocycles. The molecule has 0 atom stereocenters. The highest BCUT2D eigenvalue weighted by Gasteiger charge is 2.22. The fourth-order valence-electron chi connectivity index (χ4n) is 3.75. The number of aromatic nitrogens is 1.